The fourth-order valence-corrected chi connectivity index (χ4v) is 4.00. The van der Waals surface area contributed by atoms with Gasteiger partial charge < -0.3 is 16.0 Å². The predicted molar refractivity (Wildman–Crippen MR) is 125 cm³/mol. The molecule has 0 aliphatic heterocycles. The van der Waals surface area contributed by atoms with E-state index in [9.17, 15) is 4.79 Å². The number of nitrogen functional groups attached to an aromatic ring is 1. The molecule has 0 fully saturated rings. The van der Waals surface area contributed by atoms with Gasteiger partial charge in [-0.3, -0.25) is 9.20 Å². The smallest absolute Gasteiger partial charge is 0.266 e. The van der Waals surface area contributed by atoms with Crippen LogP contribution in [0.5, 0.6) is 0 Å². The Bertz CT molecular complexity index is 1540. The lowest BCUT2D eigenvalue weighted by molar-refractivity contribution is 0.821. The minimum absolute atomic E-state index is 0.0940. The van der Waals surface area contributed by atoms with Crippen molar-refractivity contribution < 1.29 is 0 Å². The number of H-pyrrole nitrogens is 1. The number of aryl methyl sites for hydroxylation is 1. The van der Waals surface area contributed by atoms with Gasteiger partial charge in [0.05, 0.1) is 23.6 Å². The Labute approximate surface area is 187 Å². The molecule has 0 bridgehead atoms. The zero-order chi connectivity index (χ0) is 22.4. The van der Waals surface area contributed by atoms with Crippen molar-refractivity contribution in [1.82, 2.24) is 29.3 Å². The fourth-order valence-electron chi connectivity index (χ4n) is 3.81. The molecule has 160 valence electrons. The summed E-state index contributed by atoms with van der Waals surface area (Å²) < 4.78 is 1.60. The number of anilines is 2. The van der Waals surface area contributed by atoms with E-state index in [2.05, 4.69) is 25.3 Å². The largest absolute Gasteiger partial charge is 0.368 e. The lowest BCUT2D eigenvalue weighted by Gasteiger charge is -2.19. The van der Waals surface area contributed by atoms with Crippen molar-refractivity contribution in [2.45, 2.75) is 19.9 Å². The predicted octanol–water partition coefficient (Wildman–Crippen LogP) is 3.74. The summed E-state index contributed by atoms with van der Waals surface area (Å²) in [5.74, 6) is 0.567. The molecule has 4 aromatic heterocycles. The van der Waals surface area contributed by atoms with Gasteiger partial charge in [0.1, 0.15) is 11.2 Å². The molecule has 0 saturated heterocycles. The van der Waals surface area contributed by atoms with Crippen LogP contribution in [0.15, 0.2) is 53.6 Å². The lowest BCUT2D eigenvalue weighted by atomic mass is 10.0. The molecule has 10 heteroatoms. The molecule has 9 nitrogen and oxygen atoms in total. The quantitative estimate of drug-likeness (QED) is 0.383. The summed E-state index contributed by atoms with van der Waals surface area (Å²) in [5, 5.41) is 3.85. The van der Waals surface area contributed by atoms with Crippen LogP contribution in [0.4, 0.5) is 11.8 Å². The first kappa shape index (κ1) is 20.0. The number of rotatable bonds is 4. The zero-order valence-corrected chi connectivity index (χ0v) is 18.1. The number of halogens is 1. The summed E-state index contributed by atoms with van der Waals surface area (Å²) in [6, 6.07) is 12.3. The van der Waals surface area contributed by atoms with Crippen molar-refractivity contribution >= 4 is 40.2 Å². The van der Waals surface area contributed by atoms with Gasteiger partial charge in [0.2, 0.25) is 5.95 Å². The van der Waals surface area contributed by atoms with Crippen LogP contribution in [0.2, 0.25) is 5.02 Å². The van der Waals surface area contributed by atoms with Crippen molar-refractivity contribution in [2.24, 2.45) is 0 Å². The van der Waals surface area contributed by atoms with Crippen molar-refractivity contribution in [2.75, 3.05) is 11.1 Å². The number of nitrogens with one attached hydrogen (secondary N) is 2. The van der Waals surface area contributed by atoms with E-state index in [1.165, 1.54) is 6.33 Å². The summed E-state index contributed by atoms with van der Waals surface area (Å²) in [7, 11) is 0. The molecule has 1 unspecified atom stereocenters. The van der Waals surface area contributed by atoms with E-state index in [4.69, 9.17) is 22.3 Å². The third kappa shape index (κ3) is 3.32. The number of fused-ring (bicyclic) bond motifs is 2. The molecular formula is C22H19ClN8O. The second-order valence-electron chi connectivity index (χ2n) is 7.45. The van der Waals surface area contributed by atoms with Crippen LogP contribution in [0.1, 0.15) is 24.4 Å². The Morgan fingerprint density at radius 2 is 1.97 bits per heavy atom. The topological polar surface area (TPSA) is 127 Å². The normalized spacial score (nSPS) is 12.3. The third-order valence-corrected chi connectivity index (χ3v) is 5.49. The number of hydrogen-bond donors (Lipinski definition) is 3. The first-order chi connectivity index (χ1) is 15.4. The average Bonchev–Trinajstić information content (AvgIpc) is 3.22. The van der Waals surface area contributed by atoms with Gasteiger partial charge in [0.25, 0.3) is 5.56 Å². The summed E-state index contributed by atoms with van der Waals surface area (Å²) in [5.41, 5.74) is 9.79. The Balaban J connectivity index is 1.72. The van der Waals surface area contributed by atoms with E-state index in [1.807, 2.05) is 44.2 Å². The molecule has 5 rings (SSSR count). The number of nitrogens with zero attached hydrogens (tertiary/aromatic N) is 5. The zero-order valence-electron chi connectivity index (χ0n) is 17.3. The molecule has 4 heterocycles. The van der Waals surface area contributed by atoms with Crippen LogP contribution in [0.3, 0.4) is 0 Å². The van der Waals surface area contributed by atoms with Crippen LogP contribution in [0, 0.1) is 6.92 Å². The van der Waals surface area contributed by atoms with E-state index in [0.29, 0.717) is 44.5 Å². The molecular weight excluding hydrogens is 428 g/mol. The fraction of sp³-hybridized carbons (Fsp3) is 0.136. The minimum Gasteiger partial charge on any atom is -0.368 e. The molecule has 0 aliphatic rings. The monoisotopic (exact) mass is 446 g/mol. The Morgan fingerprint density at radius 3 is 2.78 bits per heavy atom. The van der Waals surface area contributed by atoms with E-state index in [-0.39, 0.29) is 11.5 Å². The van der Waals surface area contributed by atoms with Crippen molar-refractivity contribution in [3.05, 3.63) is 75.6 Å². The summed E-state index contributed by atoms with van der Waals surface area (Å²) in [6.45, 7) is 3.78. The van der Waals surface area contributed by atoms with Gasteiger partial charge in [-0.05, 0) is 43.7 Å². The van der Waals surface area contributed by atoms with E-state index >= 15 is 0 Å². The van der Waals surface area contributed by atoms with Crippen LogP contribution in [-0.2, 0) is 0 Å². The highest BCUT2D eigenvalue weighted by Gasteiger charge is 2.22. The Morgan fingerprint density at radius 1 is 1.16 bits per heavy atom. The molecule has 0 radical (unpaired) electrons. The highest BCUT2D eigenvalue weighted by atomic mass is 35.5. The third-order valence-electron chi connectivity index (χ3n) is 5.25. The molecule has 0 aliphatic carbocycles. The standard InChI is InChI=1S/C22H19ClN8O/c1-11-5-3-8-15-28-17(16(21(32)31(11)15)13-6-4-7-14(23)9-13)12(2)27-20-18-19(26-10-25-18)29-22(24)30-20/h3-10,12H,1-2H3,(H4,24,25,26,27,29,30). The van der Waals surface area contributed by atoms with Crippen LogP contribution < -0.4 is 16.6 Å². The minimum atomic E-state index is -0.400. The second kappa shape index (κ2) is 7.61. The SMILES string of the molecule is Cc1cccc2nc(C(C)Nc3nc(N)nc4nc[nH]c34)c(-c3cccc(Cl)c3)c(=O)n12. The van der Waals surface area contributed by atoms with Crippen LogP contribution in [-0.4, -0.2) is 29.3 Å². The molecule has 1 aromatic carbocycles. The van der Waals surface area contributed by atoms with E-state index in [1.54, 1.807) is 16.5 Å². The maximum Gasteiger partial charge on any atom is 0.266 e. The van der Waals surface area contributed by atoms with E-state index in [0.717, 1.165) is 5.69 Å². The average molecular weight is 447 g/mol. The number of nitrogens with two attached hydrogens (primary N) is 1. The van der Waals surface area contributed by atoms with Crippen LogP contribution in [0.25, 0.3) is 27.9 Å². The number of imidazole rings is 1. The number of benzene rings is 1. The number of pyridine rings is 1. The maximum atomic E-state index is 13.7. The molecule has 1 atom stereocenters. The van der Waals surface area contributed by atoms with Gasteiger partial charge in [-0.25, -0.2) is 9.97 Å². The van der Waals surface area contributed by atoms with Gasteiger partial charge in [0, 0.05) is 10.7 Å². The first-order valence-corrected chi connectivity index (χ1v) is 10.3. The maximum absolute atomic E-state index is 13.7. The summed E-state index contributed by atoms with van der Waals surface area (Å²) >= 11 is 6.24. The number of aromatic amines is 1. The summed E-state index contributed by atoms with van der Waals surface area (Å²) in [6.07, 6.45) is 1.52. The Hall–Kier alpha value is -3.98. The van der Waals surface area contributed by atoms with Gasteiger partial charge in [0.15, 0.2) is 11.5 Å². The Kier molecular flexibility index (Phi) is 4.75. The number of aromatic nitrogens is 6. The highest BCUT2D eigenvalue weighted by Crippen LogP contribution is 2.29. The first-order valence-electron chi connectivity index (χ1n) is 9.93. The van der Waals surface area contributed by atoms with Crippen LogP contribution >= 0.6 is 11.6 Å². The lowest BCUT2D eigenvalue weighted by Crippen LogP contribution is -2.24. The molecule has 0 amide bonds. The van der Waals surface area contributed by atoms with Gasteiger partial charge in [-0.2, -0.15) is 9.97 Å². The van der Waals surface area contributed by atoms with Crippen molar-refractivity contribution in [3.63, 3.8) is 0 Å². The second-order valence-corrected chi connectivity index (χ2v) is 7.88. The van der Waals surface area contributed by atoms with Crippen molar-refractivity contribution in [3.8, 4) is 11.1 Å². The van der Waals surface area contributed by atoms with E-state index < -0.39 is 6.04 Å². The molecule has 32 heavy (non-hydrogen) atoms. The number of hydrogen-bond acceptors (Lipinski definition) is 7. The van der Waals surface area contributed by atoms with Gasteiger partial charge >= 0.3 is 0 Å². The highest BCUT2D eigenvalue weighted by molar-refractivity contribution is 6.30. The molecule has 0 saturated carbocycles. The van der Waals surface area contributed by atoms with Gasteiger partial charge in [-0.15, -0.1) is 0 Å². The van der Waals surface area contributed by atoms with Gasteiger partial charge in [-0.1, -0.05) is 29.8 Å². The molecule has 0 spiro atoms. The molecule has 5 aromatic rings. The molecule has 4 N–H and O–H groups in total. The van der Waals surface area contributed by atoms with Crippen molar-refractivity contribution in [1.29, 1.82) is 0 Å². The summed E-state index contributed by atoms with van der Waals surface area (Å²) in [4.78, 5) is 34.1.